The van der Waals surface area contributed by atoms with Crippen molar-refractivity contribution in [1.82, 2.24) is 19.8 Å². The summed E-state index contributed by atoms with van der Waals surface area (Å²) in [7, 11) is 3.63. The normalized spacial score (nSPS) is 20.0. The highest BCUT2D eigenvalue weighted by molar-refractivity contribution is 5.80. The van der Waals surface area contributed by atoms with Gasteiger partial charge in [-0.25, -0.2) is 4.98 Å². The molecular weight excluding hydrogens is 220 g/mol. The molecule has 1 aromatic heterocycles. The van der Waals surface area contributed by atoms with E-state index in [9.17, 15) is 4.79 Å². The molecule has 6 nitrogen and oxygen atoms in total. The van der Waals surface area contributed by atoms with E-state index < -0.39 is 0 Å². The second-order valence-electron chi connectivity index (χ2n) is 4.29. The van der Waals surface area contributed by atoms with E-state index in [-0.39, 0.29) is 11.9 Å². The Morgan fingerprint density at radius 1 is 1.71 bits per heavy atom. The minimum absolute atomic E-state index is 0.0212. The average molecular weight is 238 g/mol. The van der Waals surface area contributed by atoms with E-state index in [0.717, 1.165) is 12.2 Å². The zero-order chi connectivity index (χ0) is 12.3. The number of amides is 1. The summed E-state index contributed by atoms with van der Waals surface area (Å²) in [4.78, 5) is 18.3. The number of likely N-dealkylation sites (N-methyl/N-ethyl adjacent to an activating group) is 1. The molecule has 0 saturated carbocycles. The Balaban J connectivity index is 2.04. The Labute approximate surface area is 101 Å². The van der Waals surface area contributed by atoms with Crippen LogP contribution in [0.2, 0.25) is 0 Å². The molecule has 0 radical (unpaired) electrons. The molecule has 1 N–H and O–H groups in total. The van der Waals surface area contributed by atoms with Crippen molar-refractivity contribution in [1.29, 1.82) is 0 Å². The van der Waals surface area contributed by atoms with Crippen molar-refractivity contribution in [2.75, 3.05) is 33.9 Å². The molecule has 0 unspecified atom stereocenters. The number of aromatic nitrogens is 2. The number of fused-ring (bicyclic) bond motifs is 1. The van der Waals surface area contributed by atoms with Crippen LogP contribution in [0.25, 0.3) is 0 Å². The van der Waals surface area contributed by atoms with Gasteiger partial charge in [-0.15, -0.1) is 0 Å². The lowest BCUT2D eigenvalue weighted by atomic mass is 10.2. The van der Waals surface area contributed by atoms with E-state index in [1.165, 1.54) is 0 Å². The zero-order valence-corrected chi connectivity index (χ0v) is 10.2. The minimum atomic E-state index is -0.192. The first-order valence-electron chi connectivity index (χ1n) is 5.68. The lowest BCUT2D eigenvalue weighted by molar-refractivity contribution is -0.125. The van der Waals surface area contributed by atoms with Gasteiger partial charge in [-0.2, -0.15) is 0 Å². The molecule has 0 aliphatic carbocycles. The Morgan fingerprint density at radius 2 is 2.53 bits per heavy atom. The number of hydrogen-bond donors (Lipinski definition) is 1. The van der Waals surface area contributed by atoms with Crippen LogP contribution in [0.1, 0.15) is 11.7 Å². The van der Waals surface area contributed by atoms with Gasteiger partial charge in [0.2, 0.25) is 5.91 Å². The number of imidazole rings is 1. The molecule has 1 aliphatic rings. The largest absolute Gasteiger partial charge is 0.383 e. The van der Waals surface area contributed by atoms with Crippen LogP contribution >= 0.6 is 0 Å². The molecule has 17 heavy (non-hydrogen) atoms. The summed E-state index contributed by atoms with van der Waals surface area (Å²) in [6.45, 7) is 2.62. The highest BCUT2D eigenvalue weighted by Gasteiger charge is 2.28. The highest BCUT2D eigenvalue weighted by Crippen LogP contribution is 2.19. The van der Waals surface area contributed by atoms with Crippen LogP contribution in [0.4, 0.5) is 0 Å². The molecule has 0 bridgehead atoms. The van der Waals surface area contributed by atoms with Crippen molar-refractivity contribution in [3.05, 3.63) is 18.2 Å². The van der Waals surface area contributed by atoms with Crippen molar-refractivity contribution >= 4 is 5.91 Å². The Hall–Kier alpha value is -1.40. The van der Waals surface area contributed by atoms with Gasteiger partial charge in [0.15, 0.2) is 0 Å². The number of ether oxygens (including phenoxy) is 1. The zero-order valence-electron chi connectivity index (χ0n) is 10.2. The lowest BCUT2D eigenvalue weighted by Crippen LogP contribution is -2.43. The number of carbonyl (C=O) groups excluding carboxylic acids is 1. The molecule has 1 aromatic rings. The lowest BCUT2D eigenvalue weighted by Gasteiger charge is -2.31. The third-order valence-corrected chi connectivity index (χ3v) is 2.91. The van der Waals surface area contributed by atoms with Crippen molar-refractivity contribution in [2.24, 2.45) is 0 Å². The van der Waals surface area contributed by atoms with Gasteiger partial charge in [0.25, 0.3) is 0 Å². The second kappa shape index (κ2) is 5.29. The standard InChI is InChI=1S/C11H18N4O2/c1-14-6-9-5-12-8-15(9)10(7-14)11(16)13-3-4-17-2/h5,8,10H,3-4,6-7H2,1-2H3,(H,13,16)/t10-/m1/s1. The third-order valence-electron chi connectivity index (χ3n) is 2.91. The number of rotatable bonds is 4. The molecule has 6 heteroatoms. The molecule has 1 aliphatic heterocycles. The predicted octanol–water partition coefficient (Wildman–Crippen LogP) is -0.368. The number of methoxy groups -OCH3 is 1. The molecule has 94 valence electrons. The predicted molar refractivity (Wildman–Crippen MR) is 62.5 cm³/mol. The molecule has 1 amide bonds. The summed E-state index contributed by atoms with van der Waals surface area (Å²) < 4.78 is 6.86. The first-order valence-corrected chi connectivity index (χ1v) is 5.68. The molecular formula is C11H18N4O2. The maximum Gasteiger partial charge on any atom is 0.244 e. The van der Waals surface area contributed by atoms with E-state index in [0.29, 0.717) is 19.7 Å². The Bertz CT molecular complexity index is 391. The molecule has 0 aromatic carbocycles. The topological polar surface area (TPSA) is 59.4 Å². The van der Waals surface area contributed by atoms with Crippen molar-refractivity contribution < 1.29 is 9.53 Å². The monoisotopic (exact) mass is 238 g/mol. The van der Waals surface area contributed by atoms with Crippen LogP contribution in [0.3, 0.4) is 0 Å². The average Bonchev–Trinajstić information content (AvgIpc) is 2.75. The number of nitrogens with one attached hydrogen (secondary N) is 1. The molecule has 2 heterocycles. The van der Waals surface area contributed by atoms with Crippen molar-refractivity contribution in [3.63, 3.8) is 0 Å². The van der Waals surface area contributed by atoms with Gasteiger partial charge in [0.05, 0.1) is 18.6 Å². The summed E-state index contributed by atoms with van der Waals surface area (Å²) in [5.41, 5.74) is 1.07. The van der Waals surface area contributed by atoms with E-state index in [4.69, 9.17) is 4.74 Å². The van der Waals surface area contributed by atoms with Gasteiger partial charge in [-0.3, -0.25) is 9.69 Å². The first kappa shape index (κ1) is 12.1. The van der Waals surface area contributed by atoms with Crippen LogP contribution in [-0.4, -0.2) is 54.2 Å². The quantitative estimate of drug-likeness (QED) is 0.727. The van der Waals surface area contributed by atoms with E-state index >= 15 is 0 Å². The van der Waals surface area contributed by atoms with Crippen molar-refractivity contribution in [2.45, 2.75) is 12.6 Å². The number of carbonyl (C=O) groups is 1. The van der Waals surface area contributed by atoms with Crippen LogP contribution in [0.5, 0.6) is 0 Å². The summed E-state index contributed by atoms with van der Waals surface area (Å²) in [6.07, 6.45) is 3.54. The third kappa shape index (κ3) is 2.65. The van der Waals surface area contributed by atoms with E-state index in [1.54, 1.807) is 13.4 Å². The number of nitrogens with zero attached hydrogens (tertiary/aromatic N) is 3. The van der Waals surface area contributed by atoms with Gasteiger partial charge in [0, 0.05) is 32.9 Å². The van der Waals surface area contributed by atoms with Gasteiger partial charge in [-0.05, 0) is 7.05 Å². The van der Waals surface area contributed by atoms with Gasteiger partial charge in [-0.1, -0.05) is 0 Å². The van der Waals surface area contributed by atoms with Gasteiger partial charge >= 0.3 is 0 Å². The summed E-state index contributed by atoms with van der Waals surface area (Å²) in [5, 5.41) is 2.87. The van der Waals surface area contributed by atoms with Crippen LogP contribution in [-0.2, 0) is 16.1 Å². The Kier molecular flexibility index (Phi) is 3.75. The highest BCUT2D eigenvalue weighted by atomic mass is 16.5. The molecule has 1 atom stereocenters. The van der Waals surface area contributed by atoms with E-state index in [2.05, 4.69) is 15.2 Å². The fraction of sp³-hybridized carbons (Fsp3) is 0.636. The maximum atomic E-state index is 12.0. The van der Waals surface area contributed by atoms with Crippen molar-refractivity contribution in [3.8, 4) is 0 Å². The Morgan fingerprint density at radius 3 is 3.29 bits per heavy atom. The summed E-state index contributed by atoms with van der Waals surface area (Å²) in [5.74, 6) is 0.0212. The van der Waals surface area contributed by atoms with Crippen LogP contribution < -0.4 is 5.32 Å². The SMILES string of the molecule is COCCNC(=O)[C@H]1CN(C)Cc2cncn21. The first-order chi connectivity index (χ1) is 8.22. The summed E-state index contributed by atoms with van der Waals surface area (Å²) in [6, 6.07) is -0.192. The van der Waals surface area contributed by atoms with E-state index in [1.807, 2.05) is 17.8 Å². The van der Waals surface area contributed by atoms with Crippen LogP contribution in [0, 0.1) is 0 Å². The molecule has 0 saturated heterocycles. The molecule has 0 spiro atoms. The summed E-state index contributed by atoms with van der Waals surface area (Å²) >= 11 is 0. The minimum Gasteiger partial charge on any atom is -0.383 e. The van der Waals surface area contributed by atoms with Gasteiger partial charge < -0.3 is 14.6 Å². The molecule has 0 fully saturated rings. The fourth-order valence-corrected chi connectivity index (χ4v) is 2.06. The fourth-order valence-electron chi connectivity index (χ4n) is 2.06. The maximum absolute atomic E-state index is 12.0. The van der Waals surface area contributed by atoms with Crippen LogP contribution in [0.15, 0.2) is 12.5 Å². The number of hydrogen-bond acceptors (Lipinski definition) is 4. The second-order valence-corrected chi connectivity index (χ2v) is 4.29. The molecule has 2 rings (SSSR count). The van der Waals surface area contributed by atoms with Gasteiger partial charge in [0.1, 0.15) is 6.04 Å². The smallest absolute Gasteiger partial charge is 0.244 e.